The Morgan fingerprint density at radius 1 is 1.67 bits per heavy atom. The Kier molecular flexibility index (Phi) is 3.05. The quantitative estimate of drug-likeness (QED) is 0.298. The van der Waals surface area contributed by atoms with E-state index in [0.29, 0.717) is 0 Å². The van der Waals surface area contributed by atoms with E-state index in [1.807, 2.05) is 6.08 Å². The Bertz CT molecular complexity index is 128. The highest BCUT2D eigenvalue weighted by atomic mass is 15.3. The van der Waals surface area contributed by atoms with Crippen molar-refractivity contribution < 1.29 is 4.48 Å². The number of terminal acetylenes is 1. The summed E-state index contributed by atoms with van der Waals surface area (Å²) in [5, 5.41) is 0. The van der Waals surface area contributed by atoms with Crippen molar-refractivity contribution in [2.75, 3.05) is 27.2 Å². The Morgan fingerprint density at radius 3 is 2.56 bits per heavy atom. The van der Waals surface area contributed by atoms with Crippen molar-refractivity contribution in [3.05, 3.63) is 12.7 Å². The van der Waals surface area contributed by atoms with Crippen LogP contribution in [0.5, 0.6) is 0 Å². The Balaban J connectivity index is 3.73. The first-order chi connectivity index (χ1) is 4.12. The summed E-state index contributed by atoms with van der Waals surface area (Å²) in [4.78, 5) is 0. The van der Waals surface area contributed by atoms with Crippen LogP contribution in [0.3, 0.4) is 0 Å². The van der Waals surface area contributed by atoms with Gasteiger partial charge >= 0.3 is 0 Å². The van der Waals surface area contributed by atoms with Gasteiger partial charge < -0.3 is 4.48 Å². The molecular formula is C8H14N+. The molecule has 9 heavy (non-hydrogen) atoms. The van der Waals surface area contributed by atoms with E-state index in [-0.39, 0.29) is 0 Å². The van der Waals surface area contributed by atoms with E-state index in [0.717, 1.165) is 17.6 Å². The van der Waals surface area contributed by atoms with Crippen molar-refractivity contribution >= 4 is 0 Å². The maximum absolute atomic E-state index is 5.14. The number of hydrogen-bond acceptors (Lipinski definition) is 0. The van der Waals surface area contributed by atoms with E-state index in [1.165, 1.54) is 0 Å². The van der Waals surface area contributed by atoms with Gasteiger partial charge in [-0.15, -0.1) is 6.42 Å². The number of quaternary nitrogens is 1. The third-order valence-electron chi connectivity index (χ3n) is 1.14. The molecule has 50 valence electrons. The second-order valence-corrected chi connectivity index (χ2v) is 2.77. The lowest BCUT2D eigenvalue weighted by molar-refractivity contribution is -0.877. The first kappa shape index (κ1) is 8.26. The molecule has 1 heteroatoms. The van der Waals surface area contributed by atoms with Gasteiger partial charge in [0, 0.05) is 0 Å². The molecule has 0 heterocycles. The second-order valence-electron chi connectivity index (χ2n) is 2.77. The summed E-state index contributed by atoms with van der Waals surface area (Å²) in [7, 11) is 4.17. The fraction of sp³-hybridized carbons (Fsp3) is 0.500. The molecule has 0 spiro atoms. The van der Waals surface area contributed by atoms with Crippen molar-refractivity contribution in [1.82, 2.24) is 0 Å². The summed E-state index contributed by atoms with van der Waals surface area (Å²) < 4.78 is 0.833. The summed E-state index contributed by atoms with van der Waals surface area (Å²) in [5.74, 6) is 2.62. The zero-order valence-electron chi connectivity index (χ0n) is 6.22. The third-order valence-corrected chi connectivity index (χ3v) is 1.14. The van der Waals surface area contributed by atoms with E-state index in [1.54, 1.807) is 0 Å². The summed E-state index contributed by atoms with van der Waals surface area (Å²) >= 11 is 0. The summed E-state index contributed by atoms with van der Waals surface area (Å²) in [6.07, 6.45) is 7.03. The van der Waals surface area contributed by atoms with Gasteiger partial charge in [0.25, 0.3) is 0 Å². The Morgan fingerprint density at radius 2 is 2.22 bits per heavy atom. The third kappa shape index (κ3) is 3.81. The smallest absolute Gasteiger partial charge is 0.140 e. The summed E-state index contributed by atoms with van der Waals surface area (Å²) in [5.41, 5.74) is 0. The maximum Gasteiger partial charge on any atom is 0.140 e. The molecule has 0 fully saturated rings. The standard InChI is InChI=1S/C8H14N/c1-5-7-9(3,4)8-6-2/h1,6H,2,7-8H2,3-4H3/q+1. The molecule has 0 radical (unpaired) electrons. The fourth-order valence-corrected chi connectivity index (χ4v) is 0.661. The van der Waals surface area contributed by atoms with Crippen molar-refractivity contribution in [3.8, 4) is 12.3 Å². The van der Waals surface area contributed by atoms with Crippen molar-refractivity contribution in [3.63, 3.8) is 0 Å². The fourth-order valence-electron chi connectivity index (χ4n) is 0.661. The normalized spacial score (nSPS) is 10.3. The molecule has 0 unspecified atom stereocenters. The Hall–Kier alpha value is -0.740. The van der Waals surface area contributed by atoms with Gasteiger partial charge in [0.15, 0.2) is 0 Å². The molecule has 0 atom stereocenters. The molecule has 0 amide bonds. The van der Waals surface area contributed by atoms with Crippen molar-refractivity contribution in [2.24, 2.45) is 0 Å². The van der Waals surface area contributed by atoms with Crippen molar-refractivity contribution in [2.45, 2.75) is 0 Å². The summed E-state index contributed by atoms with van der Waals surface area (Å²) in [6, 6.07) is 0. The highest BCUT2D eigenvalue weighted by molar-refractivity contribution is 4.83. The van der Waals surface area contributed by atoms with Crippen molar-refractivity contribution in [1.29, 1.82) is 0 Å². The number of nitrogens with zero attached hydrogens (tertiary/aromatic N) is 1. The zero-order chi connectivity index (χ0) is 7.33. The predicted octanol–water partition coefficient (Wildman–Crippen LogP) is 0.882. The van der Waals surface area contributed by atoms with Crippen LogP contribution in [0, 0.1) is 12.3 Å². The second kappa shape index (κ2) is 3.32. The van der Waals surface area contributed by atoms with Gasteiger partial charge in [-0.25, -0.2) is 0 Å². The molecule has 0 rings (SSSR count). The van der Waals surface area contributed by atoms with E-state index in [9.17, 15) is 0 Å². The monoisotopic (exact) mass is 124 g/mol. The molecule has 0 saturated heterocycles. The lowest BCUT2D eigenvalue weighted by atomic mass is 10.4. The van der Waals surface area contributed by atoms with Gasteiger partial charge in [0.2, 0.25) is 0 Å². The predicted molar refractivity (Wildman–Crippen MR) is 40.9 cm³/mol. The lowest BCUT2D eigenvalue weighted by Gasteiger charge is -2.25. The molecular weight excluding hydrogens is 110 g/mol. The molecule has 0 N–H and O–H groups in total. The molecule has 1 nitrogen and oxygen atoms in total. The highest BCUT2D eigenvalue weighted by Crippen LogP contribution is 1.93. The number of likely N-dealkylation sites (N-methyl/N-ethyl adjacent to an activating group) is 1. The first-order valence-corrected chi connectivity index (χ1v) is 2.99. The van der Waals surface area contributed by atoms with Gasteiger partial charge in [0.1, 0.15) is 6.54 Å². The van der Waals surface area contributed by atoms with Gasteiger partial charge in [-0.1, -0.05) is 6.58 Å². The molecule has 0 aliphatic carbocycles. The number of rotatable bonds is 3. The maximum atomic E-state index is 5.14. The Labute approximate surface area is 57.6 Å². The molecule has 0 aromatic heterocycles. The molecule has 0 bridgehead atoms. The van der Waals surface area contributed by atoms with E-state index < -0.39 is 0 Å². The van der Waals surface area contributed by atoms with Crippen LogP contribution in [-0.4, -0.2) is 31.7 Å². The van der Waals surface area contributed by atoms with Crippen LogP contribution in [0.25, 0.3) is 0 Å². The van der Waals surface area contributed by atoms with Crippen LogP contribution in [-0.2, 0) is 0 Å². The van der Waals surface area contributed by atoms with E-state index in [4.69, 9.17) is 6.42 Å². The average Bonchev–Trinajstić information content (AvgIpc) is 1.64. The van der Waals surface area contributed by atoms with Crippen LogP contribution in [0.1, 0.15) is 0 Å². The minimum Gasteiger partial charge on any atom is -0.315 e. The van der Waals surface area contributed by atoms with E-state index >= 15 is 0 Å². The molecule has 0 aliphatic heterocycles. The largest absolute Gasteiger partial charge is 0.315 e. The highest BCUT2D eigenvalue weighted by Gasteiger charge is 2.08. The molecule has 0 saturated carbocycles. The van der Waals surface area contributed by atoms with Crippen LogP contribution in [0.15, 0.2) is 12.7 Å². The van der Waals surface area contributed by atoms with Crippen LogP contribution >= 0.6 is 0 Å². The minimum absolute atomic E-state index is 0.770. The van der Waals surface area contributed by atoms with Gasteiger partial charge in [0.05, 0.1) is 20.6 Å². The van der Waals surface area contributed by atoms with Gasteiger partial charge in [-0.3, -0.25) is 0 Å². The average molecular weight is 124 g/mol. The van der Waals surface area contributed by atoms with Gasteiger partial charge in [-0.05, 0) is 12.0 Å². The van der Waals surface area contributed by atoms with Crippen LogP contribution in [0.2, 0.25) is 0 Å². The SMILES string of the molecule is C#CC[N+](C)(C)CC=C. The zero-order valence-corrected chi connectivity index (χ0v) is 6.22. The summed E-state index contributed by atoms with van der Waals surface area (Å²) in [6.45, 7) is 5.35. The molecule has 0 aromatic carbocycles. The molecule has 0 aliphatic rings. The first-order valence-electron chi connectivity index (χ1n) is 2.99. The molecule has 0 aromatic rings. The minimum atomic E-state index is 0.770. The van der Waals surface area contributed by atoms with Crippen LogP contribution in [0.4, 0.5) is 0 Å². The van der Waals surface area contributed by atoms with Crippen LogP contribution < -0.4 is 0 Å². The lowest BCUT2D eigenvalue weighted by Crippen LogP contribution is -2.39. The topological polar surface area (TPSA) is 0 Å². The number of hydrogen-bond donors (Lipinski definition) is 0. The van der Waals surface area contributed by atoms with Gasteiger partial charge in [-0.2, -0.15) is 0 Å². The van der Waals surface area contributed by atoms with E-state index in [2.05, 4.69) is 26.6 Å².